The highest BCUT2D eigenvalue weighted by Gasteiger charge is 2.51. The maximum Gasteiger partial charge on any atom is 0.268 e. The van der Waals surface area contributed by atoms with E-state index in [9.17, 15) is 33.4 Å². The van der Waals surface area contributed by atoms with E-state index in [2.05, 4.69) is 121 Å². The van der Waals surface area contributed by atoms with E-state index in [0.717, 1.165) is 95.2 Å². The van der Waals surface area contributed by atoms with Crippen LogP contribution in [-0.2, 0) is 52.8 Å². The van der Waals surface area contributed by atoms with Gasteiger partial charge in [-0.05, 0) is 240 Å². The Hall–Kier alpha value is -7.58. The summed E-state index contributed by atoms with van der Waals surface area (Å²) in [6.45, 7) is 2.82. The zero-order chi connectivity index (χ0) is 65.5. The number of phenols is 1. The Morgan fingerprint density at radius 3 is 2.46 bits per heavy atom. The molecular formula is C81H88N4O9S. The number of rotatable bonds is 11. The summed E-state index contributed by atoms with van der Waals surface area (Å²) >= 11 is 0. The predicted molar refractivity (Wildman–Crippen MR) is 372 cm³/mol. The number of allylic oxidation sites excluding steroid dienone is 1. The first-order chi connectivity index (χ1) is 45.9. The van der Waals surface area contributed by atoms with Crippen molar-refractivity contribution in [1.29, 1.82) is 0 Å². The molecular weight excluding hydrogens is 1200 g/mol. The number of hydrogen-bond donors (Lipinski definition) is 8. The first kappa shape index (κ1) is 63.5. The average Bonchev–Trinajstić information content (AvgIpc) is 1.57. The van der Waals surface area contributed by atoms with Gasteiger partial charge in [-0.25, -0.2) is 4.99 Å². The second kappa shape index (κ2) is 25.4. The predicted octanol–water partition coefficient (Wildman–Crippen LogP) is 13.3. The molecule has 5 heterocycles. The Morgan fingerprint density at radius 1 is 0.863 bits per heavy atom. The summed E-state index contributed by atoms with van der Waals surface area (Å²) in [5.74, 6) is 4.67. The number of nitrogens with zero attached hydrogens (tertiary/aromatic N) is 1. The zero-order valence-corrected chi connectivity index (χ0v) is 55.2. The van der Waals surface area contributed by atoms with E-state index >= 15 is 0 Å². The standard InChI is InChI=1S/C81H88N4O9S/c1-47-16-17-55-39-64-26-31-66(55)71(47)42-73(95(90,91)92)72-41-59-37-58(40-65-34-49(46-86)11-6-13-53-38-63(87)25-30-69(53)78(59)93-65)74(72)51-18-23-61(24-19-51)81(94-64,85-79(82)83)44-62(33-48-9-4-3-5-10-48)80(89)32-8-15-57(43-80)52-21-28-68-54(35-52)22-27-67-60(45-84-2)36-56-14-7-12-50-20-29-70(77(68)88)76(67)75(50)56/h3-5,7,9-10,12,14,18-21,23-26,28-31,35-36,38-39,41,47,49,57-58,62,65,70-74,77-78,84,86-89H,8,11,15-17,22,27,32-34,37,40,42-46H2,1-2H3,(H4,82,83,85)(H,90,91,92)/t47-,49+,57+,58-,62-,65-,70-,71+,72-,73-,74+,77+,78-,80-,81-/m1/s1. The number of aromatic hydroxyl groups is 1. The summed E-state index contributed by atoms with van der Waals surface area (Å²) in [7, 11) is -2.73. The van der Waals surface area contributed by atoms with Gasteiger partial charge in [-0.15, -0.1) is 0 Å². The first-order valence-corrected chi connectivity index (χ1v) is 36.2. The van der Waals surface area contributed by atoms with Gasteiger partial charge in [0.05, 0.1) is 23.1 Å². The quantitative estimate of drug-likeness (QED) is 0.0199. The molecule has 14 heteroatoms. The highest BCUT2D eigenvalue weighted by Crippen LogP contribution is 2.57. The highest BCUT2D eigenvalue weighted by molar-refractivity contribution is 7.86. The van der Waals surface area contributed by atoms with Crippen LogP contribution in [0.3, 0.4) is 0 Å². The smallest absolute Gasteiger partial charge is 0.268 e. The molecule has 95 heavy (non-hydrogen) atoms. The lowest BCUT2D eigenvalue weighted by Gasteiger charge is -2.46. The van der Waals surface area contributed by atoms with Crippen molar-refractivity contribution in [2.24, 2.45) is 46.0 Å². The van der Waals surface area contributed by atoms with Gasteiger partial charge in [-0.1, -0.05) is 140 Å². The monoisotopic (exact) mass is 1290 g/mol. The Labute approximate surface area is 558 Å². The van der Waals surface area contributed by atoms with Crippen molar-refractivity contribution >= 4 is 32.9 Å². The maximum atomic E-state index is 14.6. The number of ether oxygens (including phenoxy) is 2. The maximum absolute atomic E-state index is 14.6. The Bertz CT molecular complexity index is 4380. The van der Waals surface area contributed by atoms with Crippen molar-refractivity contribution in [2.45, 2.75) is 168 Å². The molecule has 13 nitrogen and oxygen atoms in total. The summed E-state index contributed by atoms with van der Waals surface area (Å²) in [6.07, 6.45) is 13.4. The van der Waals surface area contributed by atoms with Crippen molar-refractivity contribution in [3.63, 3.8) is 0 Å². The molecule has 0 aromatic heterocycles. The van der Waals surface area contributed by atoms with Crippen molar-refractivity contribution in [3.8, 4) is 23.3 Å². The van der Waals surface area contributed by atoms with E-state index in [0.29, 0.717) is 61.8 Å². The van der Waals surface area contributed by atoms with Crippen LogP contribution in [0.25, 0.3) is 16.8 Å². The minimum Gasteiger partial charge on any atom is -0.508 e. The van der Waals surface area contributed by atoms with Gasteiger partial charge in [0.15, 0.2) is 5.96 Å². The van der Waals surface area contributed by atoms with E-state index in [1.807, 2.05) is 49.5 Å². The van der Waals surface area contributed by atoms with Crippen LogP contribution in [0.15, 0.2) is 156 Å². The number of fused-ring (bicyclic) bond motifs is 9. The molecule has 7 aromatic carbocycles. The van der Waals surface area contributed by atoms with Gasteiger partial charge in [0.1, 0.15) is 17.6 Å². The molecule has 0 spiro atoms. The molecule has 5 aliphatic carbocycles. The Balaban J connectivity index is 0.835. The molecule has 17 rings (SSSR count). The van der Waals surface area contributed by atoms with Gasteiger partial charge in [-0.3, -0.25) is 4.55 Å². The van der Waals surface area contributed by atoms with Crippen LogP contribution in [0.4, 0.5) is 0 Å². The molecule has 10 N–H and O–H groups in total. The molecule has 0 radical (unpaired) electrons. The Morgan fingerprint density at radius 2 is 1.66 bits per heavy atom. The van der Waals surface area contributed by atoms with E-state index in [4.69, 9.17) is 25.9 Å². The van der Waals surface area contributed by atoms with Crippen LogP contribution >= 0.6 is 0 Å². The van der Waals surface area contributed by atoms with E-state index in [1.54, 1.807) is 12.1 Å². The van der Waals surface area contributed by atoms with Crippen LogP contribution in [-0.4, -0.2) is 70.0 Å². The third-order valence-corrected chi connectivity index (χ3v) is 24.8. The lowest BCUT2D eigenvalue weighted by molar-refractivity contribution is -0.0834. The van der Waals surface area contributed by atoms with Gasteiger partial charge in [-0.2, -0.15) is 8.42 Å². The fourth-order valence-electron chi connectivity index (χ4n) is 19.0. The number of benzene rings is 7. The number of aliphatic imine (C=N–C) groups is 1. The minimum absolute atomic E-state index is 0.0108. The largest absolute Gasteiger partial charge is 0.508 e. The molecule has 10 aliphatic rings. The second-order valence-corrected chi connectivity index (χ2v) is 30.9. The average molecular weight is 1290 g/mol. The lowest BCUT2D eigenvalue weighted by atomic mass is 9.64. The molecule has 5 aliphatic heterocycles. The fraction of sp³-hybridized carbons (Fsp3) is 0.420. The molecule has 0 amide bonds. The van der Waals surface area contributed by atoms with Gasteiger partial charge >= 0.3 is 0 Å². The third-order valence-electron chi connectivity index (χ3n) is 23.5. The molecule has 7 aromatic rings. The fourth-order valence-corrected chi connectivity index (χ4v) is 20.1. The van der Waals surface area contributed by atoms with Gasteiger partial charge in [0.2, 0.25) is 5.72 Å². The lowest BCUT2D eigenvalue weighted by Crippen LogP contribution is -2.48. The van der Waals surface area contributed by atoms with Crippen molar-refractivity contribution < 1.29 is 42.9 Å². The van der Waals surface area contributed by atoms with Crippen molar-refractivity contribution in [2.75, 3.05) is 13.7 Å². The number of hydrogen-bond acceptors (Lipinski definition) is 10. The summed E-state index contributed by atoms with van der Waals surface area (Å²) in [6, 6.07) is 45.2. The zero-order valence-electron chi connectivity index (χ0n) is 54.3. The molecule has 492 valence electrons. The summed E-state index contributed by atoms with van der Waals surface area (Å²) in [5, 5.41) is 52.9. The molecule has 0 unspecified atom stereocenters. The molecule has 15 atom stereocenters. The van der Waals surface area contributed by atoms with Crippen LogP contribution in [0, 0.1) is 41.4 Å². The third kappa shape index (κ3) is 12.0. The summed E-state index contributed by atoms with van der Waals surface area (Å²) < 4.78 is 55.9. The van der Waals surface area contributed by atoms with Crippen LogP contribution < -0.4 is 21.5 Å². The summed E-state index contributed by atoms with van der Waals surface area (Å²) in [5.41, 5.74) is 25.7. The van der Waals surface area contributed by atoms with E-state index in [-0.39, 0.29) is 72.8 Å². The van der Waals surface area contributed by atoms with Gasteiger partial charge in [0.25, 0.3) is 10.1 Å². The van der Waals surface area contributed by atoms with Crippen LogP contribution in [0.2, 0.25) is 0 Å². The SMILES string of the molecule is CNCc1cc2cccc3c2c2c1CCc1cc([C@H]4CCC[C@](O)([C@H](Cc5ccccc5)C[C@@]5(N=C(N)N)Oc6ccc7c(c6)CC[C@@H](C)[C@@H]7C[C@@H](S(=O)(=O)O)[C@H]6C=C7C[C@H](C[C@H]8C[C@@H](CO)CC#Cc9cc(O)ccc9[C@@H]7O8)[C@@H]6c6ccc5cc6)C4)ccc1[C@H](O)[C@@H]2C=C3. The van der Waals surface area contributed by atoms with Gasteiger partial charge < -0.3 is 46.7 Å². The topological polar surface area (TPSA) is 230 Å². The van der Waals surface area contributed by atoms with Crippen molar-refractivity contribution in [3.05, 3.63) is 229 Å². The van der Waals surface area contributed by atoms with Gasteiger partial charge in [0, 0.05) is 54.5 Å². The van der Waals surface area contributed by atoms with E-state index < -0.39 is 56.7 Å². The van der Waals surface area contributed by atoms with Crippen LogP contribution in [0.5, 0.6) is 11.5 Å². The number of phenolic OH excluding ortho intramolecular Hbond substituents is 1. The van der Waals surface area contributed by atoms with E-state index in [1.165, 1.54) is 33.0 Å². The molecule has 10 bridgehead atoms. The number of aliphatic hydroxyl groups excluding tert-OH is 2. The number of aliphatic hydroxyl groups is 3. The first-order valence-electron chi connectivity index (χ1n) is 34.7. The molecule has 1 saturated heterocycles. The second-order valence-electron chi connectivity index (χ2n) is 29.2. The summed E-state index contributed by atoms with van der Waals surface area (Å²) in [4.78, 5) is 5.24. The molecule has 1 saturated carbocycles. The number of nitrogens with two attached hydrogens (primary N) is 2. The number of nitrogens with one attached hydrogen (secondary N) is 1. The van der Waals surface area contributed by atoms with Crippen LogP contribution in [0.1, 0.15) is 191 Å². The highest BCUT2D eigenvalue weighted by atomic mass is 32.2. The number of guanidine groups is 1. The normalized spacial score (nSPS) is 30.0. The molecule has 2 fully saturated rings. The Kier molecular flexibility index (Phi) is 17.0. The van der Waals surface area contributed by atoms with Crippen molar-refractivity contribution in [1.82, 2.24) is 5.32 Å². The number of aryl methyl sites for hydroxylation is 2. The minimum atomic E-state index is -4.73.